The van der Waals surface area contributed by atoms with E-state index in [4.69, 9.17) is 9.47 Å². The smallest absolute Gasteiger partial charge is 0.234 e. The summed E-state index contributed by atoms with van der Waals surface area (Å²) in [7, 11) is 3.26. The van der Waals surface area contributed by atoms with Crippen LogP contribution in [-0.2, 0) is 4.79 Å². The zero-order valence-electron chi connectivity index (χ0n) is 17.8. The maximum atomic E-state index is 12.6. The molecule has 156 valence electrons. The van der Waals surface area contributed by atoms with Crippen LogP contribution in [0.2, 0.25) is 0 Å². The number of ether oxygens (including phenoxy) is 2. The molecule has 1 saturated heterocycles. The molecule has 1 fully saturated rings. The third-order valence-electron chi connectivity index (χ3n) is 5.48. The molecule has 6 nitrogen and oxygen atoms in total. The van der Waals surface area contributed by atoms with Crippen LogP contribution in [0.25, 0.3) is 0 Å². The number of nitrogens with one attached hydrogen (secondary N) is 1. The lowest BCUT2D eigenvalue weighted by atomic mass is 10.1. The maximum absolute atomic E-state index is 12.6. The minimum Gasteiger partial charge on any atom is -0.497 e. The summed E-state index contributed by atoms with van der Waals surface area (Å²) in [4.78, 5) is 17.2. The van der Waals surface area contributed by atoms with Crippen molar-refractivity contribution in [2.75, 3.05) is 51.8 Å². The molecular weight excluding hydrogens is 366 g/mol. The van der Waals surface area contributed by atoms with E-state index in [1.807, 2.05) is 25.1 Å². The number of carbonyl (C=O) groups excluding carboxylic acids is 1. The lowest BCUT2D eigenvalue weighted by Crippen LogP contribution is -2.49. The fraction of sp³-hybridized carbons (Fsp3) is 0.435. The minimum atomic E-state index is -0.166. The number of piperazine rings is 1. The molecule has 1 N–H and O–H groups in total. The molecule has 29 heavy (non-hydrogen) atoms. The number of hydrogen-bond donors (Lipinski definition) is 1. The number of methoxy groups -OCH3 is 2. The second kappa shape index (κ2) is 9.65. The van der Waals surface area contributed by atoms with Crippen LogP contribution in [0, 0.1) is 6.92 Å². The Kier molecular flexibility index (Phi) is 6.99. The van der Waals surface area contributed by atoms with Crippen LogP contribution < -0.4 is 19.7 Å². The molecule has 2 aromatic carbocycles. The van der Waals surface area contributed by atoms with Gasteiger partial charge in [0, 0.05) is 37.4 Å². The van der Waals surface area contributed by atoms with Gasteiger partial charge in [0.05, 0.1) is 26.8 Å². The Morgan fingerprint density at radius 2 is 1.79 bits per heavy atom. The lowest BCUT2D eigenvalue weighted by Gasteiger charge is -2.36. The fourth-order valence-electron chi connectivity index (χ4n) is 3.81. The van der Waals surface area contributed by atoms with E-state index in [9.17, 15) is 4.79 Å². The fourth-order valence-corrected chi connectivity index (χ4v) is 3.81. The molecule has 2 aromatic rings. The van der Waals surface area contributed by atoms with Gasteiger partial charge in [0.25, 0.3) is 0 Å². The van der Waals surface area contributed by atoms with Crippen molar-refractivity contribution in [2.24, 2.45) is 0 Å². The molecule has 0 aromatic heterocycles. The standard InChI is InChI=1S/C23H31N3O3/c1-17-7-5-6-8-21(17)26-13-11-25(12-14-26)16-23(27)24-18(2)20-15-19(28-3)9-10-22(20)29-4/h5-10,15,18H,11-14,16H2,1-4H3,(H,24,27)/t18-/m0/s1. The molecule has 0 spiro atoms. The first-order valence-electron chi connectivity index (χ1n) is 10.1. The Morgan fingerprint density at radius 3 is 2.45 bits per heavy atom. The highest BCUT2D eigenvalue weighted by atomic mass is 16.5. The number of para-hydroxylation sites is 1. The highest BCUT2D eigenvalue weighted by Crippen LogP contribution is 2.29. The molecule has 1 atom stereocenters. The summed E-state index contributed by atoms with van der Waals surface area (Å²) in [6, 6.07) is 13.9. The third-order valence-corrected chi connectivity index (χ3v) is 5.48. The van der Waals surface area contributed by atoms with Crippen molar-refractivity contribution < 1.29 is 14.3 Å². The Hall–Kier alpha value is -2.73. The largest absolute Gasteiger partial charge is 0.497 e. The van der Waals surface area contributed by atoms with Gasteiger partial charge >= 0.3 is 0 Å². The third kappa shape index (κ3) is 5.21. The van der Waals surface area contributed by atoms with Gasteiger partial charge in [-0.3, -0.25) is 9.69 Å². The summed E-state index contributed by atoms with van der Waals surface area (Å²) in [5, 5.41) is 3.09. The van der Waals surface area contributed by atoms with Gasteiger partial charge in [-0.15, -0.1) is 0 Å². The normalized spacial score (nSPS) is 15.7. The number of anilines is 1. The molecule has 3 rings (SSSR count). The van der Waals surface area contributed by atoms with E-state index in [2.05, 4.69) is 46.3 Å². The van der Waals surface area contributed by atoms with E-state index in [0.717, 1.165) is 43.2 Å². The van der Waals surface area contributed by atoms with Gasteiger partial charge in [-0.05, 0) is 43.7 Å². The predicted octanol–water partition coefficient (Wildman–Crippen LogP) is 3.01. The van der Waals surface area contributed by atoms with Crippen molar-refractivity contribution >= 4 is 11.6 Å². The van der Waals surface area contributed by atoms with Crippen LogP contribution in [0.1, 0.15) is 24.1 Å². The molecule has 1 amide bonds. The maximum Gasteiger partial charge on any atom is 0.234 e. The number of aryl methyl sites for hydroxylation is 1. The van der Waals surface area contributed by atoms with Crippen molar-refractivity contribution in [2.45, 2.75) is 19.9 Å². The lowest BCUT2D eigenvalue weighted by molar-refractivity contribution is -0.123. The molecule has 0 saturated carbocycles. The van der Waals surface area contributed by atoms with E-state index in [1.54, 1.807) is 14.2 Å². The SMILES string of the molecule is COc1ccc(OC)c([C@H](C)NC(=O)CN2CCN(c3ccccc3C)CC2)c1. The van der Waals surface area contributed by atoms with Gasteiger partial charge in [-0.2, -0.15) is 0 Å². The van der Waals surface area contributed by atoms with Gasteiger partial charge < -0.3 is 19.7 Å². The van der Waals surface area contributed by atoms with Crippen LogP contribution in [-0.4, -0.2) is 57.8 Å². The second-order valence-electron chi connectivity index (χ2n) is 7.45. The van der Waals surface area contributed by atoms with Crippen molar-refractivity contribution in [3.8, 4) is 11.5 Å². The second-order valence-corrected chi connectivity index (χ2v) is 7.45. The molecule has 0 bridgehead atoms. The van der Waals surface area contributed by atoms with Gasteiger partial charge in [-0.1, -0.05) is 18.2 Å². The number of carbonyl (C=O) groups is 1. The van der Waals surface area contributed by atoms with Gasteiger partial charge in [0.1, 0.15) is 11.5 Å². The molecule has 0 unspecified atom stereocenters. The van der Waals surface area contributed by atoms with E-state index in [1.165, 1.54) is 11.3 Å². The summed E-state index contributed by atoms with van der Waals surface area (Å²) in [5.74, 6) is 1.51. The van der Waals surface area contributed by atoms with Gasteiger partial charge in [0.15, 0.2) is 0 Å². The first kappa shape index (κ1) is 21.0. The Balaban J connectivity index is 1.53. The molecular formula is C23H31N3O3. The molecule has 0 aliphatic carbocycles. The van der Waals surface area contributed by atoms with E-state index in [-0.39, 0.29) is 11.9 Å². The number of hydrogen-bond acceptors (Lipinski definition) is 5. The Bertz CT molecular complexity index is 832. The van der Waals surface area contributed by atoms with Crippen molar-refractivity contribution in [1.82, 2.24) is 10.2 Å². The van der Waals surface area contributed by atoms with Crippen LogP contribution in [0.4, 0.5) is 5.69 Å². The number of nitrogens with zero attached hydrogens (tertiary/aromatic N) is 2. The zero-order valence-corrected chi connectivity index (χ0v) is 17.8. The zero-order chi connectivity index (χ0) is 20.8. The average molecular weight is 398 g/mol. The quantitative estimate of drug-likeness (QED) is 0.778. The average Bonchev–Trinajstić information content (AvgIpc) is 2.74. The first-order valence-corrected chi connectivity index (χ1v) is 10.1. The first-order chi connectivity index (χ1) is 14.0. The number of amides is 1. The van der Waals surface area contributed by atoms with Crippen LogP contribution in [0.15, 0.2) is 42.5 Å². The Morgan fingerprint density at radius 1 is 1.07 bits per heavy atom. The van der Waals surface area contributed by atoms with Crippen molar-refractivity contribution in [3.05, 3.63) is 53.6 Å². The van der Waals surface area contributed by atoms with Crippen LogP contribution >= 0.6 is 0 Å². The minimum absolute atomic E-state index is 0.0201. The number of benzene rings is 2. The van der Waals surface area contributed by atoms with Crippen LogP contribution in [0.3, 0.4) is 0 Å². The Labute approximate surface area is 173 Å². The predicted molar refractivity (Wildman–Crippen MR) is 116 cm³/mol. The monoisotopic (exact) mass is 397 g/mol. The molecule has 1 aliphatic rings. The molecule has 0 radical (unpaired) electrons. The highest BCUT2D eigenvalue weighted by Gasteiger charge is 2.21. The van der Waals surface area contributed by atoms with Gasteiger partial charge in [-0.25, -0.2) is 0 Å². The van der Waals surface area contributed by atoms with Crippen LogP contribution in [0.5, 0.6) is 11.5 Å². The molecule has 6 heteroatoms. The highest BCUT2D eigenvalue weighted by molar-refractivity contribution is 5.78. The van der Waals surface area contributed by atoms with Crippen molar-refractivity contribution in [1.29, 1.82) is 0 Å². The van der Waals surface area contributed by atoms with Crippen molar-refractivity contribution in [3.63, 3.8) is 0 Å². The summed E-state index contributed by atoms with van der Waals surface area (Å²) in [6.45, 7) is 8.11. The summed E-state index contributed by atoms with van der Waals surface area (Å²) < 4.78 is 10.7. The van der Waals surface area contributed by atoms with E-state index >= 15 is 0 Å². The number of rotatable bonds is 7. The molecule has 1 aliphatic heterocycles. The summed E-state index contributed by atoms with van der Waals surface area (Å²) >= 11 is 0. The topological polar surface area (TPSA) is 54.0 Å². The summed E-state index contributed by atoms with van der Waals surface area (Å²) in [5.41, 5.74) is 3.49. The van der Waals surface area contributed by atoms with Gasteiger partial charge in [0.2, 0.25) is 5.91 Å². The van der Waals surface area contributed by atoms with E-state index < -0.39 is 0 Å². The van der Waals surface area contributed by atoms with E-state index in [0.29, 0.717) is 6.54 Å². The summed E-state index contributed by atoms with van der Waals surface area (Å²) in [6.07, 6.45) is 0. The molecule has 1 heterocycles.